The molecule has 1 aliphatic heterocycles. The van der Waals surface area contributed by atoms with Crippen molar-refractivity contribution in [3.8, 4) is 6.07 Å². The van der Waals surface area contributed by atoms with Crippen molar-refractivity contribution in [1.82, 2.24) is 0 Å². The SMILES string of the molecule is CCc1cccc2c1NC(=O)C(CCC#N)C2. The Balaban J connectivity index is 2.24. The first-order valence-corrected chi connectivity index (χ1v) is 6.04. The molecule has 0 bridgehead atoms. The molecule has 1 heterocycles. The molecular formula is C14H16N2O. The van der Waals surface area contributed by atoms with E-state index in [1.165, 1.54) is 11.1 Å². The maximum atomic E-state index is 11.9. The molecule has 2 rings (SSSR count). The highest BCUT2D eigenvalue weighted by Crippen LogP contribution is 2.30. The zero-order valence-electron chi connectivity index (χ0n) is 9.99. The van der Waals surface area contributed by atoms with Crippen LogP contribution in [0.3, 0.4) is 0 Å². The molecule has 0 radical (unpaired) electrons. The molecule has 0 saturated carbocycles. The summed E-state index contributed by atoms with van der Waals surface area (Å²) in [5.74, 6) is 0.0166. The molecular weight excluding hydrogens is 212 g/mol. The lowest BCUT2D eigenvalue weighted by molar-refractivity contribution is -0.120. The summed E-state index contributed by atoms with van der Waals surface area (Å²) in [4.78, 5) is 11.9. The number of anilines is 1. The van der Waals surface area contributed by atoms with Crippen molar-refractivity contribution in [3.63, 3.8) is 0 Å². The molecule has 3 heteroatoms. The van der Waals surface area contributed by atoms with E-state index in [1.807, 2.05) is 6.07 Å². The van der Waals surface area contributed by atoms with Crippen LogP contribution in [-0.2, 0) is 17.6 Å². The van der Waals surface area contributed by atoms with Gasteiger partial charge in [0.25, 0.3) is 0 Å². The van der Waals surface area contributed by atoms with Crippen molar-refractivity contribution in [1.29, 1.82) is 5.26 Å². The number of rotatable bonds is 3. The number of carbonyl (C=O) groups excluding carboxylic acids is 1. The molecule has 1 unspecified atom stereocenters. The van der Waals surface area contributed by atoms with Gasteiger partial charge < -0.3 is 5.32 Å². The number of fused-ring (bicyclic) bond motifs is 1. The van der Waals surface area contributed by atoms with Crippen molar-refractivity contribution in [3.05, 3.63) is 29.3 Å². The molecule has 17 heavy (non-hydrogen) atoms. The lowest BCUT2D eigenvalue weighted by Gasteiger charge is -2.25. The molecule has 0 fully saturated rings. The number of hydrogen-bond acceptors (Lipinski definition) is 2. The highest BCUT2D eigenvalue weighted by atomic mass is 16.1. The second kappa shape index (κ2) is 5.01. The average molecular weight is 228 g/mol. The Morgan fingerprint density at radius 1 is 1.53 bits per heavy atom. The van der Waals surface area contributed by atoms with Crippen LogP contribution in [-0.4, -0.2) is 5.91 Å². The highest BCUT2D eigenvalue weighted by Gasteiger charge is 2.26. The number of nitriles is 1. The predicted molar refractivity (Wildman–Crippen MR) is 66.5 cm³/mol. The van der Waals surface area contributed by atoms with Crippen LogP contribution in [0, 0.1) is 17.2 Å². The Bertz CT molecular complexity index is 474. The molecule has 0 spiro atoms. The molecule has 1 atom stereocenters. The van der Waals surface area contributed by atoms with E-state index in [9.17, 15) is 4.79 Å². The van der Waals surface area contributed by atoms with E-state index in [0.717, 1.165) is 18.5 Å². The zero-order chi connectivity index (χ0) is 12.3. The Kier molecular flexibility index (Phi) is 3.43. The van der Waals surface area contributed by atoms with Crippen LogP contribution in [0.15, 0.2) is 18.2 Å². The summed E-state index contributed by atoms with van der Waals surface area (Å²) in [6.45, 7) is 2.09. The first-order valence-electron chi connectivity index (χ1n) is 6.04. The van der Waals surface area contributed by atoms with Crippen LogP contribution in [0.5, 0.6) is 0 Å². The highest BCUT2D eigenvalue weighted by molar-refractivity contribution is 5.96. The smallest absolute Gasteiger partial charge is 0.227 e. The van der Waals surface area contributed by atoms with Gasteiger partial charge in [-0.2, -0.15) is 5.26 Å². The molecule has 1 amide bonds. The fourth-order valence-corrected chi connectivity index (χ4v) is 2.33. The van der Waals surface area contributed by atoms with Crippen molar-refractivity contribution in [2.75, 3.05) is 5.32 Å². The number of aryl methyl sites for hydroxylation is 1. The fourth-order valence-electron chi connectivity index (χ4n) is 2.33. The minimum absolute atomic E-state index is 0.0470. The number of hydrogen-bond donors (Lipinski definition) is 1. The van der Waals surface area contributed by atoms with E-state index < -0.39 is 0 Å². The van der Waals surface area contributed by atoms with Crippen molar-refractivity contribution in [2.24, 2.45) is 5.92 Å². The summed E-state index contributed by atoms with van der Waals surface area (Å²) in [5, 5.41) is 11.6. The number of nitrogens with one attached hydrogen (secondary N) is 1. The van der Waals surface area contributed by atoms with Crippen LogP contribution >= 0.6 is 0 Å². The van der Waals surface area contributed by atoms with Gasteiger partial charge in [0.1, 0.15) is 0 Å². The van der Waals surface area contributed by atoms with E-state index in [1.54, 1.807) is 0 Å². The van der Waals surface area contributed by atoms with E-state index in [4.69, 9.17) is 5.26 Å². The van der Waals surface area contributed by atoms with Crippen LogP contribution in [0.4, 0.5) is 5.69 Å². The van der Waals surface area contributed by atoms with E-state index in [2.05, 4.69) is 30.4 Å². The van der Waals surface area contributed by atoms with E-state index in [0.29, 0.717) is 12.8 Å². The third kappa shape index (κ3) is 2.31. The molecule has 1 aliphatic rings. The molecule has 0 aromatic heterocycles. The molecule has 0 saturated heterocycles. The van der Waals surface area contributed by atoms with Gasteiger partial charge in [-0.25, -0.2) is 0 Å². The first-order chi connectivity index (χ1) is 8.26. The van der Waals surface area contributed by atoms with E-state index in [-0.39, 0.29) is 11.8 Å². The minimum Gasteiger partial charge on any atom is -0.325 e. The average Bonchev–Trinajstić information content (AvgIpc) is 2.35. The van der Waals surface area contributed by atoms with Gasteiger partial charge in [-0.05, 0) is 30.4 Å². The summed E-state index contributed by atoms with van der Waals surface area (Å²) < 4.78 is 0. The summed E-state index contributed by atoms with van der Waals surface area (Å²) in [5.41, 5.74) is 3.38. The second-order valence-corrected chi connectivity index (χ2v) is 4.39. The molecule has 1 aromatic rings. The van der Waals surface area contributed by atoms with Gasteiger partial charge in [-0.3, -0.25) is 4.79 Å². The largest absolute Gasteiger partial charge is 0.325 e. The van der Waals surface area contributed by atoms with Crippen molar-refractivity contribution >= 4 is 11.6 Å². The Labute approximate surface area is 101 Å². The second-order valence-electron chi connectivity index (χ2n) is 4.39. The molecule has 1 N–H and O–H groups in total. The maximum absolute atomic E-state index is 11.9. The quantitative estimate of drug-likeness (QED) is 0.864. The number of benzene rings is 1. The molecule has 1 aromatic carbocycles. The lowest BCUT2D eigenvalue weighted by atomic mass is 9.88. The number of para-hydroxylation sites is 1. The molecule has 3 nitrogen and oxygen atoms in total. The standard InChI is InChI=1S/C14H16N2O/c1-2-10-5-3-6-11-9-12(7-4-8-15)14(17)16-13(10)11/h3,5-6,12H,2,4,7,9H2,1H3,(H,16,17). The first kappa shape index (κ1) is 11.7. The van der Waals surface area contributed by atoms with Crippen LogP contribution in [0.2, 0.25) is 0 Å². The van der Waals surface area contributed by atoms with Gasteiger partial charge in [0, 0.05) is 18.0 Å². The monoisotopic (exact) mass is 228 g/mol. The minimum atomic E-state index is -0.0470. The summed E-state index contributed by atoms with van der Waals surface area (Å²) in [7, 11) is 0. The summed E-state index contributed by atoms with van der Waals surface area (Å²) in [6, 6.07) is 8.25. The number of carbonyl (C=O) groups is 1. The van der Waals surface area contributed by atoms with E-state index >= 15 is 0 Å². The van der Waals surface area contributed by atoms with Gasteiger partial charge in [-0.1, -0.05) is 25.1 Å². The Morgan fingerprint density at radius 3 is 3.06 bits per heavy atom. The predicted octanol–water partition coefficient (Wildman–Crippen LogP) is 2.66. The topological polar surface area (TPSA) is 52.9 Å². The van der Waals surface area contributed by atoms with Gasteiger partial charge in [0.2, 0.25) is 5.91 Å². The Hall–Kier alpha value is -1.82. The number of amides is 1. The summed E-state index contributed by atoms with van der Waals surface area (Å²) >= 11 is 0. The van der Waals surface area contributed by atoms with Crippen molar-refractivity contribution < 1.29 is 4.79 Å². The fraction of sp³-hybridized carbons (Fsp3) is 0.429. The maximum Gasteiger partial charge on any atom is 0.227 e. The Morgan fingerprint density at radius 2 is 2.35 bits per heavy atom. The van der Waals surface area contributed by atoms with Crippen LogP contribution in [0.1, 0.15) is 30.9 Å². The zero-order valence-corrected chi connectivity index (χ0v) is 9.99. The van der Waals surface area contributed by atoms with Crippen molar-refractivity contribution in [2.45, 2.75) is 32.6 Å². The lowest BCUT2D eigenvalue weighted by Crippen LogP contribution is -2.30. The van der Waals surface area contributed by atoms with Crippen LogP contribution < -0.4 is 5.32 Å². The third-order valence-corrected chi connectivity index (χ3v) is 3.31. The van der Waals surface area contributed by atoms with Gasteiger partial charge in [-0.15, -0.1) is 0 Å². The molecule has 88 valence electrons. The molecule has 0 aliphatic carbocycles. The number of nitrogens with zero attached hydrogens (tertiary/aromatic N) is 1. The van der Waals surface area contributed by atoms with Gasteiger partial charge >= 0.3 is 0 Å². The van der Waals surface area contributed by atoms with Gasteiger partial charge in [0.05, 0.1) is 6.07 Å². The summed E-state index contributed by atoms with van der Waals surface area (Å²) in [6.07, 6.45) is 2.78. The van der Waals surface area contributed by atoms with Gasteiger partial charge in [0.15, 0.2) is 0 Å². The third-order valence-electron chi connectivity index (χ3n) is 3.31. The van der Waals surface area contributed by atoms with Crippen LogP contribution in [0.25, 0.3) is 0 Å². The normalized spacial score (nSPS) is 18.1.